The summed E-state index contributed by atoms with van der Waals surface area (Å²) in [6.07, 6.45) is 10.5. The van der Waals surface area contributed by atoms with Gasteiger partial charge in [0.2, 0.25) is 0 Å². The van der Waals surface area contributed by atoms with Gasteiger partial charge in [0, 0.05) is 12.0 Å². The highest BCUT2D eigenvalue weighted by Crippen LogP contribution is 2.47. The zero-order valence-electron chi connectivity index (χ0n) is 14.5. The molecule has 0 N–H and O–H groups in total. The molecule has 2 heterocycles. The van der Waals surface area contributed by atoms with E-state index < -0.39 is 11.4 Å². The van der Waals surface area contributed by atoms with Crippen LogP contribution in [-0.2, 0) is 14.2 Å². The van der Waals surface area contributed by atoms with E-state index in [1.807, 2.05) is 13.8 Å². The number of epoxide rings is 1. The summed E-state index contributed by atoms with van der Waals surface area (Å²) < 4.78 is 17.9. The lowest BCUT2D eigenvalue weighted by Gasteiger charge is -2.19. The Hall–Kier alpha value is -1.52. The average Bonchev–Trinajstić information content (AvgIpc) is 3.14. The van der Waals surface area contributed by atoms with E-state index in [2.05, 4.69) is 35.8 Å². The normalized spacial score (nSPS) is 39.1. The summed E-state index contributed by atoms with van der Waals surface area (Å²) in [5.41, 5.74) is 1.87. The van der Waals surface area contributed by atoms with Crippen molar-refractivity contribution in [3.8, 4) is 23.7 Å². The lowest BCUT2D eigenvalue weighted by Crippen LogP contribution is -2.35. The van der Waals surface area contributed by atoms with Crippen LogP contribution >= 0.6 is 0 Å². The van der Waals surface area contributed by atoms with Crippen molar-refractivity contribution >= 4 is 0 Å². The molecule has 0 aromatic carbocycles. The van der Waals surface area contributed by atoms with Crippen LogP contribution in [0.4, 0.5) is 0 Å². The second-order valence-corrected chi connectivity index (χ2v) is 7.36. The Morgan fingerprint density at radius 2 is 2.08 bits per heavy atom. The number of fused-ring (bicyclic) bond motifs is 2. The number of rotatable bonds is 1. The van der Waals surface area contributed by atoms with Crippen LogP contribution < -0.4 is 0 Å². The van der Waals surface area contributed by atoms with Crippen LogP contribution in [0.15, 0.2) is 23.3 Å². The highest BCUT2D eigenvalue weighted by molar-refractivity contribution is 5.51. The summed E-state index contributed by atoms with van der Waals surface area (Å²) >= 11 is 0. The van der Waals surface area contributed by atoms with Gasteiger partial charge < -0.3 is 14.2 Å². The lowest BCUT2D eigenvalue weighted by molar-refractivity contribution is -0.143. The maximum atomic E-state index is 6.10. The van der Waals surface area contributed by atoms with Crippen molar-refractivity contribution < 1.29 is 14.2 Å². The van der Waals surface area contributed by atoms with Gasteiger partial charge in [0.25, 0.3) is 0 Å². The van der Waals surface area contributed by atoms with Gasteiger partial charge in [0.15, 0.2) is 11.4 Å². The van der Waals surface area contributed by atoms with Gasteiger partial charge in [-0.3, -0.25) is 0 Å². The maximum Gasteiger partial charge on any atom is 0.183 e. The fraction of sp³-hybridized carbons (Fsp3) is 0.619. The van der Waals surface area contributed by atoms with Gasteiger partial charge in [-0.25, -0.2) is 0 Å². The molecule has 0 saturated carbocycles. The molecule has 2 aliphatic carbocycles. The molecule has 0 aromatic rings. The molecular formula is C21H24O3. The van der Waals surface area contributed by atoms with Gasteiger partial charge in [0.05, 0.1) is 6.61 Å². The first-order valence-electron chi connectivity index (χ1n) is 9.00. The molecule has 0 radical (unpaired) electrons. The van der Waals surface area contributed by atoms with E-state index in [-0.39, 0.29) is 12.2 Å². The smallest absolute Gasteiger partial charge is 0.183 e. The molecular weight excluding hydrogens is 300 g/mol. The van der Waals surface area contributed by atoms with E-state index in [4.69, 9.17) is 14.2 Å². The molecule has 4 aliphatic rings. The van der Waals surface area contributed by atoms with Crippen molar-refractivity contribution in [3.63, 3.8) is 0 Å². The third-order valence-corrected chi connectivity index (χ3v) is 5.10. The van der Waals surface area contributed by atoms with Gasteiger partial charge >= 0.3 is 0 Å². The largest absolute Gasteiger partial charge is 0.349 e. The maximum absolute atomic E-state index is 6.10. The molecule has 3 heteroatoms. The van der Waals surface area contributed by atoms with Gasteiger partial charge in [-0.05, 0) is 57.6 Å². The lowest BCUT2D eigenvalue weighted by atomic mass is 9.91. The third kappa shape index (κ3) is 3.05. The van der Waals surface area contributed by atoms with E-state index in [0.717, 1.165) is 37.7 Å². The van der Waals surface area contributed by atoms with Crippen molar-refractivity contribution in [2.24, 2.45) is 0 Å². The number of hydrogen-bond acceptors (Lipinski definition) is 3. The van der Waals surface area contributed by atoms with Crippen LogP contribution in [0.2, 0.25) is 0 Å². The standard InChI is InChI=1S/C21H24O3/c1-20(2)22-15-19(23-20)21-14-13-17-11-8-7-10-16(17)9-5-3-4-6-12-18(21)24-21/h9,11,18-19H,4,6-8,10,12,15H2,1-2H3/b16-9-/t18-,19-,21?/m1/s1. The highest BCUT2D eigenvalue weighted by atomic mass is 16.8. The minimum absolute atomic E-state index is 0.115. The number of ether oxygens (including phenoxy) is 3. The number of hydrogen-bond donors (Lipinski definition) is 0. The molecule has 2 saturated heterocycles. The zero-order valence-corrected chi connectivity index (χ0v) is 14.5. The van der Waals surface area contributed by atoms with Crippen molar-refractivity contribution in [1.82, 2.24) is 0 Å². The Morgan fingerprint density at radius 3 is 2.92 bits per heavy atom. The SMILES string of the molecule is CC1(C)OC[C@H](C23C#CC4=CCCC/C4=C/C#CCCC[C@H]2O3)O1. The van der Waals surface area contributed by atoms with Gasteiger partial charge in [-0.1, -0.05) is 29.8 Å². The quantitative estimate of drug-likeness (QED) is 0.546. The van der Waals surface area contributed by atoms with Crippen molar-refractivity contribution in [1.29, 1.82) is 0 Å². The monoisotopic (exact) mass is 324 g/mol. The predicted molar refractivity (Wildman–Crippen MR) is 91.9 cm³/mol. The molecule has 0 aromatic heterocycles. The molecule has 1 unspecified atom stereocenters. The Balaban J connectivity index is 1.65. The Morgan fingerprint density at radius 1 is 1.17 bits per heavy atom. The van der Waals surface area contributed by atoms with E-state index >= 15 is 0 Å². The zero-order chi connectivity index (χ0) is 16.6. The molecule has 0 amide bonds. The van der Waals surface area contributed by atoms with Crippen LogP contribution in [0, 0.1) is 23.7 Å². The molecule has 4 rings (SSSR count). The predicted octanol–water partition coefficient (Wildman–Crippen LogP) is 3.50. The molecule has 2 fully saturated rings. The fourth-order valence-electron chi connectivity index (χ4n) is 3.68. The van der Waals surface area contributed by atoms with Crippen molar-refractivity contribution in [2.75, 3.05) is 6.61 Å². The first-order chi connectivity index (χ1) is 11.6. The fourth-order valence-corrected chi connectivity index (χ4v) is 3.68. The molecule has 3 nitrogen and oxygen atoms in total. The highest BCUT2D eigenvalue weighted by Gasteiger charge is 2.63. The first-order valence-corrected chi connectivity index (χ1v) is 9.00. The second-order valence-electron chi connectivity index (χ2n) is 7.36. The van der Waals surface area contributed by atoms with Crippen LogP contribution in [0.3, 0.4) is 0 Å². The number of allylic oxidation sites excluding steroid dienone is 4. The van der Waals surface area contributed by atoms with E-state index in [0.29, 0.717) is 6.61 Å². The molecule has 0 spiro atoms. The van der Waals surface area contributed by atoms with Crippen LogP contribution in [0.1, 0.15) is 52.4 Å². The minimum atomic E-state index is -0.554. The summed E-state index contributed by atoms with van der Waals surface area (Å²) in [6.45, 7) is 4.44. The summed E-state index contributed by atoms with van der Waals surface area (Å²) in [6, 6.07) is 0. The van der Waals surface area contributed by atoms with Gasteiger partial charge in [-0.15, -0.1) is 0 Å². The Bertz CT molecular complexity index is 707. The Kier molecular flexibility index (Phi) is 4.05. The van der Waals surface area contributed by atoms with Crippen LogP contribution in [0.5, 0.6) is 0 Å². The van der Waals surface area contributed by atoms with Crippen molar-refractivity contribution in [3.05, 3.63) is 23.3 Å². The van der Waals surface area contributed by atoms with E-state index in [9.17, 15) is 0 Å². The molecule has 126 valence electrons. The summed E-state index contributed by atoms with van der Waals surface area (Å²) in [4.78, 5) is 0. The Labute approximate surface area is 144 Å². The summed E-state index contributed by atoms with van der Waals surface area (Å²) in [5.74, 6) is 12.7. The van der Waals surface area contributed by atoms with Crippen LogP contribution in [0.25, 0.3) is 0 Å². The van der Waals surface area contributed by atoms with Crippen molar-refractivity contribution in [2.45, 2.75) is 76.0 Å². The molecule has 24 heavy (non-hydrogen) atoms. The summed E-state index contributed by atoms with van der Waals surface area (Å²) in [7, 11) is 0. The second kappa shape index (κ2) is 6.08. The average molecular weight is 324 g/mol. The third-order valence-electron chi connectivity index (χ3n) is 5.10. The minimum Gasteiger partial charge on any atom is -0.349 e. The molecule has 2 aliphatic heterocycles. The van der Waals surface area contributed by atoms with Crippen LogP contribution in [-0.4, -0.2) is 30.2 Å². The van der Waals surface area contributed by atoms with Gasteiger partial charge in [-0.2, -0.15) is 0 Å². The van der Waals surface area contributed by atoms with E-state index in [1.54, 1.807) is 0 Å². The summed E-state index contributed by atoms with van der Waals surface area (Å²) in [5, 5.41) is 0. The molecule has 3 atom stereocenters. The topological polar surface area (TPSA) is 31.0 Å². The van der Waals surface area contributed by atoms with E-state index in [1.165, 1.54) is 12.0 Å². The molecule has 0 bridgehead atoms. The first kappa shape index (κ1) is 16.0. The van der Waals surface area contributed by atoms with Gasteiger partial charge in [0.1, 0.15) is 12.2 Å².